The van der Waals surface area contributed by atoms with E-state index in [9.17, 15) is 14.4 Å². The molecule has 0 saturated carbocycles. The highest BCUT2D eigenvalue weighted by Gasteiger charge is 2.38. The third-order valence-corrected chi connectivity index (χ3v) is 3.33. The second-order valence-electron chi connectivity index (χ2n) is 4.56. The lowest BCUT2D eigenvalue weighted by Crippen LogP contribution is -2.56. The van der Waals surface area contributed by atoms with Crippen molar-refractivity contribution in [1.82, 2.24) is 10.2 Å². The standard InChI is InChI=1S/C12H16N2O3/c1-14-11(16)9(10(15)13-12(14)17)7-8-5-3-2-4-6-8/h5,9H,2-4,6-7H2,1H3,(H,13,15,17). The summed E-state index contributed by atoms with van der Waals surface area (Å²) in [6, 6.07) is -0.631. The minimum atomic E-state index is -0.734. The van der Waals surface area contributed by atoms with Crippen molar-refractivity contribution in [2.45, 2.75) is 32.1 Å². The van der Waals surface area contributed by atoms with Gasteiger partial charge in [-0.1, -0.05) is 11.6 Å². The molecule has 0 aromatic heterocycles. The van der Waals surface area contributed by atoms with Crippen molar-refractivity contribution in [2.75, 3.05) is 7.05 Å². The zero-order valence-corrected chi connectivity index (χ0v) is 9.86. The van der Waals surface area contributed by atoms with Crippen LogP contribution in [0.25, 0.3) is 0 Å². The highest BCUT2D eigenvalue weighted by molar-refractivity contribution is 6.16. The quantitative estimate of drug-likeness (QED) is 0.578. The largest absolute Gasteiger partial charge is 0.330 e. The van der Waals surface area contributed by atoms with Gasteiger partial charge in [-0.05, 0) is 32.1 Å². The van der Waals surface area contributed by atoms with Crippen molar-refractivity contribution in [3.63, 3.8) is 0 Å². The van der Waals surface area contributed by atoms with E-state index in [1.807, 2.05) is 0 Å². The summed E-state index contributed by atoms with van der Waals surface area (Å²) in [4.78, 5) is 35.7. The van der Waals surface area contributed by atoms with Crippen molar-refractivity contribution in [2.24, 2.45) is 5.92 Å². The molecule has 92 valence electrons. The van der Waals surface area contributed by atoms with Gasteiger partial charge in [0.25, 0.3) is 0 Å². The number of rotatable bonds is 2. The Balaban J connectivity index is 2.09. The number of hydrogen-bond donors (Lipinski definition) is 1. The lowest BCUT2D eigenvalue weighted by Gasteiger charge is -2.28. The van der Waals surface area contributed by atoms with Crippen LogP contribution in [0.3, 0.4) is 0 Å². The number of urea groups is 1. The first-order chi connectivity index (χ1) is 8.09. The highest BCUT2D eigenvalue weighted by atomic mass is 16.2. The maximum atomic E-state index is 11.8. The molecule has 1 atom stereocenters. The van der Waals surface area contributed by atoms with Crippen molar-refractivity contribution in [3.05, 3.63) is 11.6 Å². The number of nitrogens with one attached hydrogen (secondary N) is 1. The molecule has 4 amide bonds. The van der Waals surface area contributed by atoms with Gasteiger partial charge in [0.2, 0.25) is 11.8 Å². The normalized spacial score (nSPS) is 25.7. The molecule has 1 saturated heterocycles. The molecule has 0 spiro atoms. The van der Waals surface area contributed by atoms with Crippen molar-refractivity contribution in [3.8, 4) is 0 Å². The maximum Gasteiger partial charge on any atom is 0.330 e. The van der Waals surface area contributed by atoms with E-state index in [0.717, 1.165) is 29.7 Å². The van der Waals surface area contributed by atoms with Crippen LogP contribution in [-0.4, -0.2) is 29.8 Å². The second-order valence-corrected chi connectivity index (χ2v) is 4.56. The Labute approximate surface area is 99.8 Å². The lowest BCUT2D eigenvalue weighted by molar-refractivity contribution is -0.141. The van der Waals surface area contributed by atoms with Crippen LogP contribution in [0, 0.1) is 5.92 Å². The first kappa shape index (κ1) is 11.8. The molecule has 0 bridgehead atoms. The van der Waals surface area contributed by atoms with Gasteiger partial charge in [-0.3, -0.25) is 19.8 Å². The molecule has 2 rings (SSSR count). The number of carbonyl (C=O) groups is 3. The summed E-state index contributed by atoms with van der Waals surface area (Å²) < 4.78 is 0. The molecule has 5 heteroatoms. The van der Waals surface area contributed by atoms with Gasteiger partial charge in [0.15, 0.2) is 0 Å². The molecule has 1 heterocycles. The number of imide groups is 2. The molecule has 0 radical (unpaired) electrons. The topological polar surface area (TPSA) is 66.5 Å². The molecular formula is C12H16N2O3. The van der Waals surface area contributed by atoms with Gasteiger partial charge in [0.1, 0.15) is 5.92 Å². The number of barbiturate groups is 1. The first-order valence-corrected chi connectivity index (χ1v) is 5.90. The van der Waals surface area contributed by atoms with Gasteiger partial charge in [-0.25, -0.2) is 4.79 Å². The van der Waals surface area contributed by atoms with Crippen LogP contribution in [-0.2, 0) is 9.59 Å². The fourth-order valence-electron chi connectivity index (χ4n) is 2.25. The van der Waals surface area contributed by atoms with Gasteiger partial charge < -0.3 is 0 Å². The average Bonchev–Trinajstić information content (AvgIpc) is 2.33. The van der Waals surface area contributed by atoms with Gasteiger partial charge in [-0.15, -0.1) is 0 Å². The fourth-order valence-corrected chi connectivity index (χ4v) is 2.25. The number of carbonyl (C=O) groups excluding carboxylic acids is 3. The van der Waals surface area contributed by atoms with Gasteiger partial charge in [-0.2, -0.15) is 0 Å². The average molecular weight is 236 g/mol. The van der Waals surface area contributed by atoms with Crippen molar-refractivity contribution in [1.29, 1.82) is 0 Å². The Morgan fingerprint density at radius 2 is 2.12 bits per heavy atom. The van der Waals surface area contributed by atoms with Crippen LogP contribution >= 0.6 is 0 Å². The van der Waals surface area contributed by atoms with Crippen LogP contribution in [0.5, 0.6) is 0 Å². The minimum absolute atomic E-state index is 0.398. The van der Waals surface area contributed by atoms with Gasteiger partial charge >= 0.3 is 6.03 Å². The third kappa shape index (κ3) is 2.38. The number of nitrogens with zero attached hydrogens (tertiary/aromatic N) is 1. The van der Waals surface area contributed by atoms with E-state index in [-0.39, 0.29) is 0 Å². The molecule has 2 aliphatic rings. The zero-order valence-electron chi connectivity index (χ0n) is 9.86. The van der Waals surface area contributed by atoms with Crippen LogP contribution in [0.1, 0.15) is 32.1 Å². The summed E-state index contributed by atoms with van der Waals surface area (Å²) in [6.45, 7) is 0. The SMILES string of the molecule is CN1C(=O)NC(=O)C(CC2=CCCCC2)C1=O. The van der Waals surface area contributed by atoms with Crippen LogP contribution in [0.2, 0.25) is 0 Å². The highest BCUT2D eigenvalue weighted by Crippen LogP contribution is 2.25. The monoisotopic (exact) mass is 236 g/mol. The fraction of sp³-hybridized carbons (Fsp3) is 0.583. The Hall–Kier alpha value is -1.65. The lowest BCUT2D eigenvalue weighted by atomic mass is 9.89. The summed E-state index contributed by atoms with van der Waals surface area (Å²) in [5.41, 5.74) is 1.16. The third-order valence-electron chi connectivity index (χ3n) is 3.33. The van der Waals surface area contributed by atoms with E-state index in [4.69, 9.17) is 0 Å². The Bertz CT molecular complexity index is 401. The molecule has 5 nitrogen and oxygen atoms in total. The van der Waals surface area contributed by atoms with E-state index >= 15 is 0 Å². The number of allylic oxidation sites excluding steroid dienone is 2. The molecule has 1 aliphatic carbocycles. The summed E-state index contributed by atoms with van der Waals surface area (Å²) in [6.07, 6.45) is 6.82. The molecule has 1 N–H and O–H groups in total. The van der Waals surface area contributed by atoms with Crippen molar-refractivity contribution < 1.29 is 14.4 Å². The van der Waals surface area contributed by atoms with Crippen LogP contribution in [0.4, 0.5) is 4.79 Å². The Kier molecular flexibility index (Phi) is 3.26. The van der Waals surface area contributed by atoms with Crippen molar-refractivity contribution >= 4 is 17.8 Å². The molecule has 1 fully saturated rings. The van der Waals surface area contributed by atoms with Crippen LogP contribution in [0.15, 0.2) is 11.6 Å². The predicted molar refractivity (Wildman–Crippen MR) is 61.0 cm³/mol. The summed E-state index contributed by atoms with van der Waals surface area (Å²) >= 11 is 0. The summed E-state index contributed by atoms with van der Waals surface area (Å²) in [5, 5.41) is 2.20. The first-order valence-electron chi connectivity index (χ1n) is 5.90. The zero-order chi connectivity index (χ0) is 12.4. The molecule has 0 aromatic carbocycles. The van der Waals surface area contributed by atoms with E-state index in [0.29, 0.717) is 6.42 Å². The van der Waals surface area contributed by atoms with Gasteiger partial charge in [0.05, 0.1) is 0 Å². The molecule has 0 aromatic rings. The number of amides is 4. The van der Waals surface area contributed by atoms with E-state index in [1.165, 1.54) is 13.5 Å². The summed E-state index contributed by atoms with van der Waals surface area (Å²) in [5.74, 6) is -1.60. The molecular weight excluding hydrogens is 220 g/mol. The molecule has 1 aliphatic heterocycles. The maximum absolute atomic E-state index is 11.8. The van der Waals surface area contributed by atoms with E-state index in [2.05, 4.69) is 11.4 Å². The van der Waals surface area contributed by atoms with E-state index < -0.39 is 23.8 Å². The molecule has 1 unspecified atom stereocenters. The minimum Gasteiger partial charge on any atom is -0.277 e. The predicted octanol–water partition coefficient (Wildman–Crippen LogP) is 1.20. The van der Waals surface area contributed by atoms with Crippen LogP contribution < -0.4 is 5.32 Å². The summed E-state index contributed by atoms with van der Waals surface area (Å²) in [7, 11) is 1.40. The number of hydrogen-bond acceptors (Lipinski definition) is 3. The second kappa shape index (κ2) is 4.69. The Morgan fingerprint density at radius 3 is 2.76 bits per heavy atom. The Morgan fingerprint density at radius 1 is 1.35 bits per heavy atom. The van der Waals surface area contributed by atoms with E-state index in [1.54, 1.807) is 0 Å². The smallest absolute Gasteiger partial charge is 0.277 e. The molecule has 17 heavy (non-hydrogen) atoms. The van der Waals surface area contributed by atoms with Gasteiger partial charge in [0, 0.05) is 7.05 Å².